The van der Waals surface area contributed by atoms with Gasteiger partial charge in [0, 0.05) is 12.6 Å². The van der Waals surface area contributed by atoms with Crippen molar-refractivity contribution < 1.29 is 19.0 Å². The molecule has 0 aliphatic rings. The monoisotopic (exact) mass is 329 g/mol. The van der Waals surface area contributed by atoms with E-state index in [1.54, 1.807) is 19.2 Å². The van der Waals surface area contributed by atoms with E-state index >= 15 is 0 Å². The Labute approximate surface area is 135 Å². The Bertz CT molecular complexity index is 862. The Hall–Kier alpha value is -3.36. The molecular formula is C15H12FN5O3. The number of carbonyl (C=O) groups is 1. The predicted molar refractivity (Wildman–Crippen MR) is 79.7 cm³/mol. The highest BCUT2D eigenvalue weighted by molar-refractivity contribution is 5.84. The van der Waals surface area contributed by atoms with Crippen LogP contribution in [0.15, 0.2) is 36.7 Å². The van der Waals surface area contributed by atoms with Crippen molar-refractivity contribution in [3.63, 3.8) is 0 Å². The molecule has 8 nitrogen and oxygen atoms in total. The van der Waals surface area contributed by atoms with Crippen molar-refractivity contribution in [1.82, 2.24) is 25.0 Å². The summed E-state index contributed by atoms with van der Waals surface area (Å²) in [4.78, 5) is 18.3. The van der Waals surface area contributed by atoms with Crippen molar-refractivity contribution in [3.05, 3.63) is 53.9 Å². The van der Waals surface area contributed by atoms with E-state index in [9.17, 15) is 9.18 Å². The average molecular weight is 329 g/mol. The van der Waals surface area contributed by atoms with Crippen LogP contribution in [-0.4, -0.2) is 36.0 Å². The third-order valence-electron chi connectivity index (χ3n) is 3.26. The molecule has 0 spiro atoms. The number of hydrogen-bond acceptors (Lipinski definition) is 6. The van der Waals surface area contributed by atoms with Gasteiger partial charge < -0.3 is 9.84 Å². The van der Waals surface area contributed by atoms with Gasteiger partial charge in [0.05, 0.1) is 12.4 Å². The van der Waals surface area contributed by atoms with Gasteiger partial charge >= 0.3 is 5.97 Å². The molecule has 0 fully saturated rings. The van der Waals surface area contributed by atoms with Gasteiger partial charge in [-0.1, -0.05) is 5.21 Å². The van der Waals surface area contributed by atoms with Gasteiger partial charge in [-0.15, -0.1) is 5.10 Å². The van der Waals surface area contributed by atoms with Gasteiger partial charge in [0.2, 0.25) is 5.88 Å². The number of carboxylic acid groups (broad SMARTS) is 1. The molecule has 0 aliphatic carbocycles. The van der Waals surface area contributed by atoms with Gasteiger partial charge in [0.1, 0.15) is 23.8 Å². The van der Waals surface area contributed by atoms with Crippen LogP contribution in [-0.2, 0) is 13.7 Å². The minimum atomic E-state index is -1.16. The largest absolute Gasteiger partial charge is 0.476 e. The number of aryl methyl sites for hydroxylation is 1. The minimum Gasteiger partial charge on any atom is -0.476 e. The fourth-order valence-corrected chi connectivity index (χ4v) is 2.01. The zero-order chi connectivity index (χ0) is 17.1. The summed E-state index contributed by atoms with van der Waals surface area (Å²) in [6.45, 7) is 0.0946. The lowest BCUT2D eigenvalue weighted by atomic mass is 10.1. The molecule has 3 rings (SSSR count). The third kappa shape index (κ3) is 3.19. The smallest absolute Gasteiger partial charge is 0.356 e. The summed E-state index contributed by atoms with van der Waals surface area (Å²) in [6, 6.07) is 5.88. The number of aromatic carboxylic acids is 1. The van der Waals surface area contributed by atoms with E-state index in [0.29, 0.717) is 17.0 Å². The zero-order valence-corrected chi connectivity index (χ0v) is 12.5. The van der Waals surface area contributed by atoms with Crippen molar-refractivity contribution in [3.8, 4) is 17.1 Å². The second-order valence-corrected chi connectivity index (χ2v) is 4.85. The van der Waals surface area contributed by atoms with Crippen LogP contribution in [0.3, 0.4) is 0 Å². The van der Waals surface area contributed by atoms with Gasteiger partial charge in [0.25, 0.3) is 0 Å². The Morgan fingerprint density at radius 3 is 2.62 bits per heavy atom. The van der Waals surface area contributed by atoms with Crippen LogP contribution >= 0.6 is 0 Å². The normalized spacial score (nSPS) is 10.6. The minimum absolute atomic E-state index is 0.0946. The first-order valence-corrected chi connectivity index (χ1v) is 6.87. The molecule has 1 N–H and O–H groups in total. The number of ether oxygens (including phenoxy) is 1. The second kappa shape index (κ2) is 6.41. The van der Waals surface area contributed by atoms with Gasteiger partial charge in [-0.05, 0) is 24.3 Å². The maximum Gasteiger partial charge on any atom is 0.356 e. The quantitative estimate of drug-likeness (QED) is 0.759. The number of carboxylic acids is 1. The Balaban J connectivity index is 1.79. The Morgan fingerprint density at radius 1 is 1.25 bits per heavy atom. The second-order valence-electron chi connectivity index (χ2n) is 4.85. The Morgan fingerprint density at radius 2 is 2.00 bits per heavy atom. The van der Waals surface area contributed by atoms with Crippen LogP contribution < -0.4 is 4.74 Å². The van der Waals surface area contributed by atoms with Crippen molar-refractivity contribution in [2.45, 2.75) is 6.61 Å². The number of hydrogen-bond donors (Lipinski definition) is 1. The highest BCUT2D eigenvalue weighted by Gasteiger charge is 2.14. The van der Waals surface area contributed by atoms with E-state index in [1.165, 1.54) is 23.0 Å². The first kappa shape index (κ1) is 15.5. The maximum absolute atomic E-state index is 13.0. The van der Waals surface area contributed by atoms with Gasteiger partial charge in [-0.25, -0.2) is 23.8 Å². The lowest BCUT2D eigenvalue weighted by Gasteiger charge is -2.07. The average Bonchev–Trinajstić information content (AvgIpc) is 2.95. The molecular weight excluding hydrogens is 317 g/mol. The third-order valence-corrected chi connectivity index (χ3v) is 3.26. The Kier molecular flexibility index (Phi) is 4.15. The standard InChI is InChI=1S/C15H12FN5O3/c1-21-12(8-24-13-7-17-11(6-18-13)15(22)23)14(19-20-21)9-2-4-10(16)5-3-9/h2-7H,8H2,1H3,(H,22,23). The van der Waals surface area contributed by atoms with E-state index in [1.807, 2.05) is 0 Å². The van der Waals surface area contributed by atoms with Crippen LogP contribution in [0.5, 0.6) is 5.88 Å². The van der Waals surface area contributed by atoms with Crippen LogP contribution in [0.2, 0.25) is 0 Å². The SMILES string of the molecule is Cn1nnc(-c2ccc(F)cc2)c1COc1cnc(C(=O)O)cn1. The van der Waals surface area contributed by atoms with Crippen LogP contribution in [0.25, 0.3) is 11.3 Å². The molecule has 0 saturated carbocycles. The molecule has 0 atom stereocenters. The topological polar surface area (TPSA) is 103 Å². The summed E-state index contributed by atoms with van der Waals surface area (Å²) < 4.78 is 20.1. The molecule has 24 heavy (non-hydrogen) atoms. The van der Waals surface area contributed by atoms with E-state index in [2.05, 4.69) is 20.3 Å². The van der Waals surface area contributed by atoms with Crippen molar-refractivity contribution in [2.24, 2.45) is 7.05 Å². The fraction of sp³-hybridized carbons (Fsp3) is 0.133. The van der Waals surface area contributed by atoms with Crippen molar-refractivity contribution >= 4 is 5.97 Å². The molecule has 1 aromatic carbocycles. The maximum atomic E-state index is 13.0. The van der Waals surface area contributed by atoms with Gasteiger partial charge in [0.15, 0.2) is 5.69 Å². The zero-order valence-electron chi connectivity index (χ0n) is 12.5. The molecule has 2 heterocycles. The lowest BCUT2D eigenvalue weighted by Crippen LogP contribution is -2.07. The van der Waals surface area contributed by atoms with E-state index in [0.717, 1.165) is 6.20 Å². The summed E-state index contributed by atoms with van der Waals surface area (Å²) >= 11 is 0. The summed E-state index contributed by atoms with van der Waals surface area (Å²) in [7, 11) is 1.71. The van der Waals surface area contributed by atoms with E-state index in [4.69, 9.17) is 9.84 Å². The lowest BCUT2D eigenvalue weighted by molar-refractivity contribution is 0.0689. The molecule has 0 bridgehead atoms. The van der Waals surface area contributed by atoms with Crippen LogP contribution in [0.4, 0.5) is 4.39 Å². The summed E-state index contributed by atoms with van der Waals surface area (Å²) in [5.41, 5.74) is 1.75. The highest BCUT2D eigenvalue weighted by Crippen LogP contribution is 2.22. The number of rotatable bonds is 5. The number of nitrogens with zero attached hydrogens (tertiary/aromatic N) is 5. The number of benzene rings is 1. The van der Waals surface area contributed by atoms with Crippen LogP contribution in [0.1, 0.15) is 16.2 Å². The van der Waals surface area contributed by atoms with Crippen molar-refractivity contribution in [1.29, 1.82) is 0 Å². The van der Waals surface area contributed by atoms with Crippen molar-refractivity contribution in [2.75, 3.05) is 0 Å². The predicted octanol–water partition coefficient (Wildman–Crippen LogP) is 1.69. The van der Waals surface area contributed by atoms with Gasteiger partial charge in [-0.2, -0.15) is 0 Å². The number of aromatic nitrogens is 5. The van der Waals surface area contributed by atoms with E-state index in [-0.39, 0.29) is 24.0 Å². The van der Waals surface area contributed by atoms with Gasteiger partial charge in [-0.3, -0.25) is 0 Å². The van der Waals surface area contributed by atoms with Crippen LogP contribution in [0, 0.1) is 5.82 Å². The molecule has 2 aromatic heterocycles. The molecule has 9 heteroatoms. The molecule has 122 valence electrons. The molecule has 0 aliphatic heterocycles. The number of halogens is 1. The molecule has 0 unspecified atom stereocenters. The first-order chi connectivity index (χ1) is 11.5. The summed E-state index contributed by atoms with van der Waals surface area (Å²) in [5.74, 6) is -1.33. The molecule has 0 radical (unpaired) electrons. The molecule has 0 saturated heterocycles. The molecule has 3 aromatic rings. The van der Waals surface area contributed by atoms with E-state index < -0.39 is 5.97 Å². The summed E-state index contributed by atoms with van der Waals surface area (Å²) in [6.07, 6.45) is 2.34. The molecule has 0 amide bonds. The summed E-state index contributed by atoms with van der Waals surface area (Å²) in [5, 5.41) is 16.8. The first-order valence-electron chi connectivity index (χ1n) is 6.87. The highest BCUT2D eigenvalue weighted by atomic mass is 19.1. The fourth-order valence-electron chi connectivity index (χ4n) is 2.01.